The number of benzene rings is 5. The molecule has 0 saturated carbocycles. The van der Waals surface area contributed by atoms with Gasteiger partial charge in [-0.15, -0.1) is 0 Å². The number of aromatic nitrogens is 4. The molecule has 4 nitrogen and oxygen atoms in total. The van der Waals surface area contributed by atoms with Crippen molar-refractivity contribution >= 4 is 32.8 Å². The van der Waals surface area contributed by atoms with Crippen molar-refractivity contribution in [1.82, 2.24) is 19.1 Å². The van der Waals surface area contributed by atoms with Crippen molar-refractivity contribution in [3.63, 3.8) is 0 Å². The monoisotopic (exact) mass is 512 g/mol. The highest BCUT2D eigenvalue weighted by Crippen LogP contribution is 2.39. The maximum absolute atomic E-state index is 5.38. The van der Waals surface area contributed by atoms with Crippen LogP contribution >= 0.6 is 0 Å². The van der Waals surface area contributed by atoms with Gasteiger partial charge in [0.2, 0.25) is 0 Å². The molecule has 188 valence electrons. The van der Waals surface area contributed by atoms with Crippen LogP contribution in [0.2, 0.25) is 0 Å². The van der Waals surface area contributed by atoms with Gasteiger partial charge in [-0.1, -0.05) is 91.0 Å². The molecule has 40 heavy (non-hydrogen) atoms. The topological polar surface area (TPSA) is 35.6 Å². The Morgan fingerprint density at radius 1 is 0.425 bits per heavy atom. The number of nitrogens with zero attached hydrogens (tertiary/aromatic N) is 4. The molecule has 0 radical (unpaired) electrons. The number of imidazole rings is 1. The summed E-state index contributed by atoms with van der Waals surface area (Å²) in [5, 5.41) is 2.35. The minimum Gasteiger partial charge on any atom is -0.309 e. The molecule has 8 aromatic rings. The van der Waals surface area contributed by atoms with E-state index in [1.807, 2.05) is 30.6 Å². The second-order valence-corrected chi connectivity index (χ2v) is 9.94. The fourth-order valence-corrected chi connectivity index (χ4v) is 5.84. The fourth-order valence-electron chi connectivity index (χ4n) is 5.84. The molecular formula is C36H24N4. The normalized spacial score (nSPS) is 11.5. The molecule has 0 aliphatic rings. The number of hydrogen-bond donors (Lipinski definition) is 0. The molecule has 5 aromatic carbocycles. The first-order valence-electron chi connectivity index (χ1n) is 13.4. The lowest BCUT2D eigenvalue weighted by molar-refractivity contribution is 1.09. The van der Waals surface area contributed by atoms with E-state index in [9.17, 15) is 0 Å². The van der Waals surface area contributed by atoms with Crippen molar-refractivity contribution in [3.8, 4) is 33.9 Å². The Labute approximate surface area is 231 Å². The van der Waals surface area contributed by atoms with Crippen molar-refractivity contribution in [2.75, 3.05) is 0 Å². The van der Waals surface area contributed by atoms with Crippen LogP contribution in [0.25, 0.3) is 66.7 Å². The Morgan fingerprint density at radius 2 is 1.02 bits per heavy atom. The highest BCUT2D eigenvalue weighted by Gasteiger charge is 2.21. The quantitative estimate of drug-likeness (QED) is 0.236. The summed E-state index contributed by atoms with van der Waals surface area (Å²) >= 11 is 0. The summed E-state index contributed by atoms with van der Waals surface area (Å²) in [6.07, 6.45) is 3.67. The third kappa shape index (κ3) is 3.47. The maximum Gasteiger partial charge on any atom is 0.145 e. The van der Waals surface area contributed by atoms with E-state index in [0.717, 1.165) is 44.7 Å². The van der Waals surface area contributed by atoms with E-state index in [1.165, 1.54) is 22.0 Å². The zero-order valence-electron chi connectivity index (χ0n) is 21.6. The number of pyridine rings is 1. The van der Waals surface area contributed by atoms with E-state index >= 15 is 0 Å². The minimum atomic E-state index is 0.907. The molecule has 4 heteroatoms. The van der Waals surface area contributed by atoms with Crippen LogP contribution in [0.15, 0.2) is 146 Å². The van der Waals surface area contributed by atoms with Crippen LogP contribution < -0.4 is 0 Å². The SMILES string of the molecule is c1ccc(-c2ccc(-c3nc4c5c6ccccc6n(-c6ccccc6)c5ccc4n3-c3ccncc3)cc2)cc1. The van der Waals surface area contributed by atoms with Gasteiger partial charge in [-0.25, -0.2) is 4.98 Å². The second-order valence-electron chi connectivity index (χ2n) is 9.94. The van der Waals surface area contributed by atoms with Gasteiger partial charge >= 0.3 is 0 Å². The van der Waals surface area contributed by atoms with Crippen LogP contribution in [-0.4, -0.2) is 19.1 Å². The van der Waals surface area contributed by atoms with Gasteiger partial charge < -0.3 is 4.57 Å². The van der Waals surface area contributed by atoms with E-state index in [4.69, 9.17) is 4.98 Å². The van der Waals surface area contributed by atoms with Crippen molar-refractivity contribution in [1.29, 1.82) is 0 Å². The summed E-state index contributed by atoms with van der Waals surface area (Å²) in [5.74, 6) is 0.907. The predicted octanol–water partition coefficient (Wildman–Crippen LogP) is 8.85. The van der Waals surface area contributed by atoms with E-state index in [1.54, 1.807) is 0 Å². The summed E-state index contributed by atoms with van der Waals surface area (Å²) < 4.78 is 4.59. The first-order chi connectivity index (χ1) is 19.9. The molecule has 0 aliphatic carbocycles. The predicted molar refractivity (Wildman–Crippen MR) is 164 cm³/mol. The molecule has 0 fully saturated rings. The number of hydrogen-bond acceptors (Lipinski definition) is 2. The summed E-state index contributed by atoms with van der Waals surface area (Å²) in [6.45, 7) is 0. The molecule has 0 atom stereocenters. The lowest BCUT2D eigenvalue weighted by atomic mass is 10.0. The first-order valence-corrected chi connectivity index (χ1v) is 13.4. The van der Waals surface area contributed by atoms with Crippen LogP contribution in [0.3, 0.4) is 0 Å². The minimum absolute atomic E-state index is 0.907. The Bertz CT molecular complexity index is 2120. The van der Waals surface area contributed by atoms with Gasteiger partial charge in [0, 0.05) is 34.4 Å². The van der Waals surface area contributed by atoms with Crippen molar-refractivity contribution < 1.29 is 0 Å². The first kappa shape index (κ1) is 22.5. The van der Waals surface area contributed by atoms with Crippen LogP contribution in [0.5, 0.6) is 0 Å². The molecule has 3 heterocycles. The van der Waals surface area contributed by atoms with Gasteiger partial charge in [-0.3, -0.25) is 9.55 Å². The van der Waals surface area contributed by atoms with Crippen LogP contribution in [0, 0.1) is 0 Å². The third-order valence-corrected chi connectivity index (χ3v) is 7.65. The van der Waals surface area contributed by atoms with Crippen molar-refractivity contribution in [3.05, 3.63) is 146 Å². The highest BCUT2D eigenvalue weighted by molar-refractivity contribution is 6.20. The van der Waals surface area contributed by atoms with Crippen LogP contribution in [-0.2, 0) is 0 Å². The van der Waals surface area contributed by atoms with Gasteiger partial charge in [0.1, 0.15) is 5.82 Å². The van der Waals surface area contributed by atoms with Crippen molar-refractivity contribution in [2.24, 2.45) is 0 Å². The van der Waals surface area contributed by atoms with E-state index in [2.05, 4.69) is 129 Å². The lowest BCUT2D eigenvalue weighted by Crippen LogP contribution is -1.97. The summed E-state index contributed by atoms with van der Waals surface area (Å²) in [4.78, 5) is 9.65. The third-order valence-electron chi connectivity index (χ3n) is 7.65. The number of para-hydroxylation sites is 2. The average molecular weight is 513 g/mol. The number of rotatable bonds is 4. The smallest absolute Gasteiger partial charge is 0.145 e. The average Bonchev–Trinajstić information content (AvgIpc) is 3.59. The summed E-state index contributed by atoms with van der Waals surface area (Å²) in [6, 6.07) is 46.8. The van der Waals surface area contributed by atoms with Gasteiger partial charge in [0.05, 0.1) is 27.8 Å². The molecule has 0 saturated heterocycles. The van der Waals surface area contributed by atoms with Crippen molar-refractivity contribution in [2.45, 2.75) is 0 Å². The molecular weight excluding hydrogens is 488 g/mol. The molecule has 3 aromatic heterocycles. The summed E-state index contributed by atoms with van der Waals surface area (Å²) in [7, 11) is 0. The standard InChI is InChI=1S/C36H24N4/c1-3-9-25(10-4-1)26-15-17-27(18-16-26)36-38-35-33(40(36)29-21-23-37-24-22-29)20-19-32-34(35)30-13-7-8-14-31(30)39(32)28-11-5-2-6-12-28/h1-24H. The zero-order valence-corrected chi connectivity index (χ0v) is 21.6. The molecule has 0 spiro atoms. The molecule has 0 aliphatic heterocycles. The lowest BCUT2D eigenvalue weighted by Gasteiger charge is -2.10. The zero-order chi connectivity index (χ0) is 26.5. The van der Waals surface area contributed by atoms with Crippen LogP contribution in [0.1, 0.15) is 0 Å². The van der Waals surface area contributed by atoms with Crippen LogP contribution in [0.4, 0.5) is 0 Å². The largest absolute Gasteiger partial charge is 0.309 e. The van der Waals surface area contributed by atoms with Gasteiger partial charge in [-0.2, -0.15) is 0 Å². The number of fused-ring (bicyclic) bond motifs is 5. The van der Waals surface area contributed by atoms with Gasteiger partial charge in [0.25, 0.3) is 0 Å². The fraction of sp³-hybridized carbons (Fsp3) is 0. The molecule has 0 amide bonds. The molecule has 8 rings (SSSR count). The van der Waals surface area contributed by atoms with E-state index < -0.39 is 0 Å². The van der Waals surface area contributed by atoms with E-state index in [0.29, 0.717) is 0 Å². The Hall–Kier alpha value is -5.48. The molecule has 0 bridgehead atoms. The van der Waals surface area contributed by atoms with Gasteiger partial charge in [-0.05, 0) is 53.6 Å². The Morgan fingerprint density at radius 3 is 1.80 bits per heavy atom. The molecule has 0 N–H and O–H groups in total. The summed E-state index contributed by atoms with van der Waals surface area (Å²) in [5.41, 5.74) is 9.99. The second kappa shape index (κ2) is 9.07. The molecule has 0 unspecified atom stereocenters. The Balaban J connectivity index is 1.43. The van der Waals surface area contributed by atoms with E-state index in [-0.39, 0.29) is 0 Å². The maximum atomic E-state index is 5.38. The highest BCUT2D eigenvalue weighted by atomic mass is 15.1. The Kier molecular flexibility index (Phi) is 5.10. The van der Waals surface area contributed by atoms with Gasteiger partial charge in [0.15, 0.2) is 0 Å².